The molecule has 3 rings (SSSR count). The van der Waals surface area contributed by atoms with Gasteiger partial charge >= 0.3 is 5.97 Å². The van der Waals surface area contributed by atoms with Crippen molar-refractivity contribution in [2.24, 2.45) is 0 Å². The van der Waals surface area contributed by atoms with E-state index < -0.39 is 5.97 Å². The molecule has 0 unspecified atom stereocenters. The molecule has 0 radical (unpaired) electrons. The maximum absolute atomic E-state index is 11.1. The smallest absolute Gasteiger partial charge is 0.339 e. The molecule has 0 spiro atoms. The highest BCUT2D eigenvalue weighted by Crippen LogP contribution is 2.30. The fraction of sp³-hybridized carbons (Fsp3) is 0.0769. The Bertz CT molecular complexity index is 757. The zero-order valence-corrected chi connectivity index (χ0v) is 10.0. The molecule has 0 fully saturated rings. The zero-order chi connectivity index (χ0) is 13.4. The summed E-state index contributed by atoms with van der Waals surface area (Å²) in [4.78, 5) is 11.1. The molecule has 2 heterocycles. The number of furan rings is 1. The third kappa shape index (κ3) is 1.83. The van der Waals surface area contributed by atoms with Crippen LogP contribution in [0.15, 0.2) is 34.9 Å². The van der Waals surface area contributed by atoms with Crippen LogP contribution in [0.3, 0.4) is 0 Å². The summed E-state index contributed by atoms with van der Waals surface area (Å²) in [6.45, 7) is 0. The molecule has 0 aliphatic rings. The second-order valence-electron chi connectivity index (χ2n) is 3.98. The zero-order valence-electron chi connectivity index (χ0n) is 10.0. The normalized spacial score (nSPS) is 10.8. The van der Waals surface area contributed by atoms with E-state index in [1.807, 2.05) is 6.07 Å². The van der Waals surface area contributed by atoms with Crippen LogP contribution in [0, 0.1) is 0 Å². The van der Waals surface area contributed by atoms with Crippen LogP contribution in [0.4, 0.5) is 0 Å². The van der Waals surface area contributed by atoms with Crippen molar-refractivity contribution in [2.75, 3.05) is 7.11 Å². The predicted molar refractivity (Wildman–Crippen MR) is 67.3 cm³/mol. The number of rotatable bonds is 3. The summed E-state index contributed by atoms with van der Waals surface area (Å²) in [6, 6.07) is 7.12. The number of aromatic carboxylic acids is 1. The van der Waals surface area contributed by atoms with Crippen LogP contribution in [0.2, 0.25) is 0 Å². The summed E-state index contributed by atoms with van der Waals surface area (Å²) < 4.78 is 10.7. The van der Waals surface area contributed by atoms with Gasteiger partial charge in [0.2, 0.25) is 0 Å². The van der Waals surface area contributed by atoms with E-state index in [9.17, 15) is 4.79 Å². The first-order valence-electron chi connectivity index (χ1n) is 5.53. The molecule has 0 bridgehead atoms. The van der Waals surface area contributed by atoms with E-state index in [0.717, 1.165) is 5.39 Å². The van der Waals surface area contributed by atoms with Gasteiger partial charge in [-0.15, -0.1) is 0 Å². The fourth-order valence-corrected chi connectivity index (χ4v) is 1.91. The molecule has 3 aromatic rings. The second kappa shape index (κ2) is 4.16. The summed E-state index contributed by atoms with van der Waals surface area (Å²) in [7, 11) is 1.58. The minimum absolute atomic E-state index is 0.0750. The molecule has 0 aliphatic heterocycles. The second-order valence-corrected chi connectivity index (χ2v) is 3.98. The summed E-state index contributed by atoms with van der Waals surface area (Å²) in [5.41, 5.74) is 1.08. The predicted octanol–water partition coefficient (Wildman–Crippen LogP) is 2.53. The molecular formula is C13H10N2O4. The van der Waals surface area contributed by atoms with Gasteiger partial charge in [-0.05, 0) is 24.3 Å². The number of methoxy groups -OCH3 is 1. The number of carboxylic acid groups (broad SMARTS) is 1. The molecular weight excluding hydrogens is 248 g/mol. The number of carbonyl (C=O) groups is 1. The van der Waals surface area contributed by atoms with Crippen molar-refractivity contribution < 1.29 is 19.1 Å². The Morgan fingerprint density at radius 3 is 3.00 bits per heavy atom. The van der Waals surface area contributed by atoms with Gasteiger partial charge in [-0.3, -0.25) is 5.10 Å². The van der Waals surface area contributed by atoms with Gasteiger partial charge in [-0.2, -0.15) is 5.10 Å². The van der Waals surface area contributed by atoms with Crippen LogP contribution in [0.1, 0.15) is 10.4 Å². The molecule has 0 atom stereocenters. The highest BCUT2D eigenvalue weighted by atomic mass is 16.5. The van der Waals surface area contributed by atoms with E-state index in [1.165, 1.54) is 6.20 Å². The fourth-order valence-electron chi connectivity index (χ4n) is 1.91. The number of H-pyrrole nitrogens is 1. The quantitative estimate of drug-likeness (QED) is 0.753. The molecule has 2 N–H and O–H groups in total. The maximum atomic E-state index is 11.1. The molecule has 0 saturated heterocycles. The van der Waals surface area contributed by atoms with Gasteiger partial charge in [0.25, 0.3) is 0 Å². The number of hydrogen-bond acceptors (Lipinski definition) is 4. The number of aromatic amines is 1. The topological polar surface area (TPSA) is 88.4 Å². The Hall–Kier alpha value is -2.76. The highest BCUT2D eigenvalue weighted by Gasteiger charge is 2.17. The Labute approximate surface area is 107 Å². The molecule has 0 amide bonds. The Morgan fingerprint density at radius 2 is 2.26 bits per heavy atom. The van der Waals surface area contributed by atoms with E-state index in [1.54, 1.807) is 25.3 Å². The lowest BCUT2D eigenvalue weighted by molar-refractivity contribution is 0.0697. The first-order valence-corrected chi connectivity index (χ1v) is 5.53. The third-order valence-electron chi connectivity index (χ3n) is 2.84. The van der Waals surface area contributed by atoms with Gasteiger partial charge in [-0.1, -0.05) is 0 Å². The number of fused-ring (bicyclic) bond motifs is 1. The van der Waals surface area contributed by atoms with Crippen LogP contribution in [-0.4, -0.2) is 28.4 Å². The first kappa shape index (κ1) is 11.3. The molecule has 96 valence electrons. The van der Waals surface area contributed by atoms with E-state index >= 15 is 0 Å². The van der Waals surface area contributed by atoms with Crippen LogP contribution in [0.5, 0.6) is 5.75 Å². The molecule has 6 heteroatoms. The summed E-state index contributed by atoms with van der Waals surface area (Å²) in [5, 5.41) is 16.3. The number of ether oxygens (including phenoxy) is 1. The Balaban J connectivity index is 2.15. The van der Waals surface area contributed by atoms with Gasteiger partial charge in [0.05, 0.1) is 13.3 Å². The van der Waals surface area contributed by atoms with Crippen molar-refractivity contribution in [1.82, 2.24) is 10.2 Å². The van der Waals surface area contributed by atoms with E-state index in [-0.39, 0.29) is 5.56 Å². The Kier molecular flexibility index (Phi) is 2.49. The summed E-state index contributed by atoms with van der Waals surface area (Å²) in [6.07, 6.45) is 1.26. The first-order chi connectivity index (χ1) is 9.19. The van der Waals surface area contributed by atoms with E-state index in [4.69, 9.17) is 14.3 Å². The van der Waals surface area contributed by atoms with Crippen molar-refractivity contribution >= 4 is 16.9 Å². The van der Waals surface area contributed by atoms with Gasteiger partial charge in [0.1, 0.15) is 22.6 Å². The average Bonchev–Trinajstić information content (AvgIpc) is 3.03. The monoisotopic (exact) mass is 258 g/mol. The number of benzene rings is 1. The minimum atomic E-state index is -1.05. The van der Waals surface area contributed by atoms with Gasteiger partial charge < -0.3 is 14.3 Å². The minimum Gasteiger partial charge on any atom is -0.497 e. The van der Waals surface area contributed by atoms with Crippen LogP contribution >= 0.6 is 0 Å². The van der Waals surface area contributed by atoms with Crippen molar-refractivity contribution in [3.8, 4) is 17.2 Å². The van der Waals surface area contributed by atoms with Crippen LogP contribution in [-0.2, 0) is 0 Å². The third-order valence-corrected chi connectivity index (χ3v) is 2.84. The maximum Gasteiger partial charge on any atom is 0.339 e. The molecule has 2 aromatic heterocycles. The number of nitrogens with one attached hydrogen (secondary N) is 1. The molecule has 1 aromatic carbocycles. The van der Waals surface area contributed by atoms with Gasteiger partial charge in [0, 0.05) is 5.39 Å². The number of nitrogens with zero attached hydrogens (tertiary/aromatic N) is 1. The largest absolute Gasteiger partial charge is 0.497 e. The standard InChI is InChI=1S/C13H10N2O4/c1-18-8-2-3-10-7(4-8)5-11(19-10)12-9(13(16)17)6-14-15-12/h2-6H,1H3,(H,14,15)(H,16,17). The van der Waals surface area contributed by atoms with Crippen molar-refractivity contribution in [3.05, 3.63) is 36.0 Å². The lowest BCUT2D eigenvalue weighted by atomic mass is 10.2. The SMILES string of the molecule is COc1ccc2oc(-c3[nH]ncc3C(=O)O)cc2c1. The highest BCUT2D eigenvalue weighted by molar-refractivity contribution is 5.95. The van der Waals surface area contributed by atoms with Crippen LogP contribution in [0.25, 0.3) is 22.4 Å². The molecule has 0 saturated carbocycles. The average molecular weight is 258 g/mol. The number of aromatic nitrogens is 2. The lowest BCUT2D eigenvalue weighted by Crippen LogP contribution is -1.95. The van der Waals surface area contributed by atoms with Crippen molar-refractivity contribution in [1.29, 1.82) is 0 Å². The molecule has 0 aliphatic carbocycles. The molecule has 6 nitrogen and oxygen atoms in total. The number of carboxylic acids is 1. The Morgan fingerprint density at radius 1 is 1.42 bits per heavy atom. The van der Waals surface area contributed by atoms with Crippen molar-refractivity contribution in [2.45, 2.75) is 0 Å². The summed E-state index contributed by atoms with van der Waals surface area (Å²) >= 11 is 0. The van der Waals surface area contributed by atoms with Gasteiger partial charge in [-0.25, -0.2) is 4.79 Å². The molecule has 19 heavy (non-hydrogen) atoms. The van der Waals surface area contributed by atoms with E-state index in [0.29, 0.717) is 22.8 Å². The lowest BCUT2D eigenvalue weighted by Gasteiger charge is -1.96. The van der Waals surface area contributed by atoms with Crippen molar-refractivity contribution in [3.63, 3.8) is 0 Å². The van der Waals surface area contributed by atoms with E-state index in [2.05, 4.69) is 10.2 Å². The van der Waals surface area contributed by atoms with Crippen LogP contribution < -0.4 is 4.74 Å². The number of hydrogen-bond donors (Lipinski definition) is 2. The van der Waals surface area contributed by atoms with Gasteiger partial charge in [0.15, 0.2) is 5.76 Å². The summed E-state index contributed by atoms with van der Waals surface area (Å²) in [5.74, 6) is 0.0860.